The molecule has 0 bridgehead atoms. The van der Waals surface area contributed by atoms with E-state index in [9.17, 15) is 13.5 Å². The number of aryl methyl sites for hydroxylation is 1. The second-order valence-corrected chi connectivity index (χ2v) is 6.66. The molecule has 1 rings (SSSR count). The molecular weight excluding hydrogens is 248 g/mol. The van der Waals surface area contributed by atoms with Crippen molar-refractivity contribution in [3.05, 3.63) is 4.88 Å². The zero-order valence-corrected chi connectivity index (χ0v) is 11.2. The van der Waals surface area contributed by atoms with Gasteiger partial charge in [-0.3, -0.25) is 0 Å². The van der Waals surface area contributed by atoms with E-state index in [-0.39, 0.29) is 15.6 Å². The normalized spacial score (nSPS) is 12.2. The third-order valence-corrected chi connectivity index (χ3v) is 6.00. The predicted octanol–water partition coefficient (Wildman–Crippen LogP) is 1.37. The molecule has 0 fully saturated rings. The Morgan fingerprint density at radius 3 is 2.19 bits per heavy atom. The molecule has 0 aromatic carbocycles. The van der Waals surface area contributed by atoms with Crippen molar-refractivity contribution in [3.8, 4) is 5.75 Å². The van der Waals surface area contributed by atoms with Gasteiger partial charge in [-0.25, -0.2) is 8.42 Å². The first-order chi connectivity index (χ1) is 7.36. The van der Waals surface area contributed by atoms with Crippen LogP contribution in [0.2, 0.25) is 0 Å². The summed E-state index contributed by atoms with van der Waals surface area (Å²) < 4.78 is 25.4. The van der Waals surface area contributed by atoms with Gasteiger partial charge in [0.1, 0.15) is 0 Å². The standard InChI is InChI=1S/C9H16N2O3S2/c1-4-11(5-2)16(13,14)9-8(12)7(10)6(3)15-9/h12H,4-5,10H2,1-3H3. The third kappa shape index (κ3) is 2.02. The highest BCUT2D eigenvalue weighted by atomic mass is 32.2. The number of nitrogens with zero attached hydrogens (tertiary/aromatic N) is 1. The van der Waals surface area contributed by atoms with Gasteiger partial charge in [0.05, 0.1) is 5.69 Å². The van der Waals surface area contributed by atoms with Crippen LogP contribution in [-0.2, 0) is 10.0 Å². The van der Waals surface area contributed by atoms with Crippen molar-refractivity contribution >= 4 is 27.0 Å². The van der Waals surface area contributed by atoms with Crippen LogP contribution in [0.25, 0.3) is 0 Å². The van der Waals surface area contributed by atoms with Gasteiger partial charge in [0.25, 0.3) is 10.0 Å². The Morgan fingerprint density at radius 2 is 1.88 bits per heavy atom. The van der Waals surface area contributed by atoms with Gasteiger partial charge >= 0.3 is 0 Å². The van der Waals surface area contributed by atoms with Crippen LogP contribution in [0, 0.1) is 6.92 Å². The van der Waals surface area contributed by atoms with Crippen LogP contribution in [0.5, 0.6) is 5.75 Å². The second kappa shape index (κ2) is 4.60. The second-order valence-electron chi connectivity index (χ2n) is 3.30. The molecule has 5 nitrogen and oxygen atoms in total. The number of rotatable bonds is 4. The van der Waals surface area contributed by atoms with Crippen LogP contribution >= 0.6 is 11.3 Å². The number of sulfonamides is 1. The Labute approximate surface area is 99.6 Å². The van der Waals surface area contributed by atoms with E-state index < -0.39 is 10.0 Å². The van der Waals surface area contributed by atoms with Crippen molar-refractivity contribution in [1.29, 1.82) is 0 Å². The fraction of sp³-hybridized carbons (Fsp3) is 0.556. The first kappa shape index (κ1) is 13.3. The van der Waals surface area contributed by atoms with E-state index in [1.54, 1.807) is 20.8 Å². The summed E-state index contributed by atoms with van der Waals surface area (Å²) in [4.78, 5) is 0.614. The molecule has 0 aliphatic carbocycles. The minimum Gasteiger partial charge on any atom is -0.504 e. The summed E-state index contributed by atoms with van der Waals surface area (Å²) in [5, 5.41) is 9.67. The monoisotopic (exact) mass is 264 g/mol. The van der Waals surface area contributed by atoms with Gasteiger partial charge in [-0.2, -0.15) is 4.31 Å². The molecule has 0 saturated heterocycles. The number of aromatic hydroxyl groups is 1. The molecule has 0 unspecified atom stereocenters. The lowest BCUT2D eigenvalue weighted by Gasteiger charge is -2.17. The summed E-state index contributed by atoms with van der Waals surface area (Å²) in [6.07, 6.45) is 0. The maximum atomic E-state index is 12.1. The van der Waals surface area contributed by atoms with Crippen LogP contribution in [0.15, 0.2) is 4.21 Å². The molecule has 0 radical (unpaired) electrons. The molecule has 7 heteroatoms. The van der Waals surface area contributed by atoms with Crippen LogP contribution < -0.4 is 5.73 Å². The molecule has 0 atom stereocenters. The lowest BCUT2D eigenvalue weighted by Crippen LogP contribution is -2.30. The van der Waals surface area contributed by atoms with Gasteiger partial charge in [-0.15, -0.1) is 11.3 Å². The lowest BCUT2D eigenvalue weighted by molar-refractivity contribution is 0.434. The predicted molar refractivity (Wildman–Crippen MR) is 65.2 cm³/mol. The van der Waals surface area contributed by atoms with Gasteiger partial charge < -0.3 is 10.8 Å². The molecule has 1 aromatic heterocycles. The average molecular weight is 264 g/mol. The molecule has 0 saturated carbocycles. The molecule has 0 aliphatic rings. The Balaban J connectivity index is 3.33. The molecule has 0 aliphatic heterocycles. The molecular formula is C9H16N2O3S2. The fourth-order valence-corrected chi connectivity index (χ4v) is 4.45. The lowest BCUT2D eigenvalue weighted by atomic mass is 10.4. The summed E-state index contributed by atoms with van der Waals surface area (Å²) in [5.74, 6) is -0.325. The van der Waals surface area contributed by atoms with E-state index >= 15 is 0 Å². The van der Waals surface area contributed by atoms with Gasteiger partial charge in [0.15, 0.2) is 9.96 Å². The maximum absolute atomic E-state index is 12.1. The van der Waals surface area contributed by atoms with E-state index in [1.165, 1.54) is 4.31 Å². The number of thiophene rings is 1. The van der Waals surface area contributed by atoms with E-state index in [2.05, 4.69) is 0 Å². The Hall–Kier alpha value is -0.790. The third-order valence-electron chi connectivity index (χ3n) is 2.35. The SMILES string of the molecule is CCN(CC)S(=O)(=O)c1sc(C)c(N)c1O. The van der Waals surface area contributed by atoms with Crippen molar-refractivity contribution in [1.82, 2.24) is 4.31 Å². The zero-order chi connectivity index (χ0) is 12.5. The van der Waals surface area contributed by atoms with Gasteiger partial charge in [-0.1, -0.05) is 13.8 Å². The smallest absolute Gasteiger partial charge is 0.256 e. The van der Waals surface area contributed by atoms with Crippen LogP contribution in [0.4, 0.5) is 5.69 Å². The topological polar surface area (TPSA) is 83.6 Å². The Bertz CT molecular complexity index is 475. The minimum atomic E-state index is -3.61. The van der Waals surface area contributed by atoms with Crippen molar-refractivity contribution < 1.29 is 13.5 Å². The maximum Gasteiger partial charge on any atom is 0.256 e. The molecule has 92 valence electrons. The molecule has 1 aromatic rings. The molecule has 16 heavy (non-hydrogen) atoms. The zero-order valence-electron chi connectivity index (χ0n) is 9.52. The highest BCUT2D eigenvalue weighted by Gasteiger charge is 2.29. The molecule has 0 amide bonds. The summed E-state index contributed by atoms with van der Waals surface area (Å²) >= 11 is 1.00. The highest BCUT2D eigenvalue weighted by Crippen LogP contribution is 2.40. The number of nitrogens with two attached hydrogens (primary N) is 1. The van der Waals surface area contributed by atoms with E-state index in [0.29, 0.717) is 18.0 Å². The minimum absolute atomic E-state index is 0.0637. The van der Waals surface area contributed by atoms with Crippen LogP contribution in [0.1, 0.15) is 18.7 Å². The Morgan fingerprint density at radius 1 is 1.38 bits per heavy atom. The molecule has 3 N–H and O–H groups in total. The van der Waals surface area contributed by atoms with E-state index in [4.69, 9.17) is 5.73 Å². The summed E-state index contributed by atoms with van der Waals surface area (Å²) in [6.45, 7) is 5.93. The largest absolute Gasteiger partial charge is 0.504 e. The number of hydrogen-bond acceptors (Lipinski definition) is 5. The molecule has 0 spiro atoms. The average Bonchev–Trinajstić information content (AvgIpc) is 2.48. The van der Waals surface area contributed by atoms with E-state index in [1.807, 2.05) is 0 Å². The van der Waals surface area contributed by atoms with Crippen LogP contribution in [0.3, 0.4) is 0 Å². The van der Waals surface area contributed by atoms with Crippen molar-refractivity contribution in [2.24, 2.45) is 0 Å². The number of nitrogen functional groups attached to an aromatic ring is 1. The van der Waals surface area contributed by atoms with Crippen LogP contribution in [-0.4, -0.2) is 30.9 Å². The summed E-state index contributed by atoms with van der Waals surface area (Å²) in [5.41, 5.74) is 5.71. The van der Waals surface area contributed by atoms with Gasteiger partial charge in [-0.05, 0) is 6.92 Å². The van der Waals surface area contributed by atoms with Crippen molar-refractivity contribution in [2.45, 2.75) is 25.0 Å². The number of hydrogen-bond donors (Lipinski definition) is 2. The number of anilines is 1. The quantitative estimate of drug-likeness (QED) is 0.860. The molecule has 1 heterocycles. The van der Waals surface area contributed by atoms with Crippen molar-refractivity contribution in [2.75, 3.05) is 18.8 Å². The Kier molecular flexibility index (Phi) is 3.82. The summed E-state index contributed by atoms with van der Waals surface area (Å²) in [6, 6.07) is 0. The van der Waals surface area contributed by atoms with Gasteiger partial charge in [0.2, 0.25) is 0 Å². The summed E-state index contributed by atoms with van der Waals surface area (Å²) in [7, 11) is -3.61. The van der Waals surface area contributed by atoms with Gasteiger partial charge in [0, 0.05) is 18.0 Å². The first-order valence-electron chi connectivity index (χ1n) is 4.94. The first-order valence-corrected chi connectivity index (χ1v) is 7.19. The van der Waals surface area contributed by atoms with Crippen molar-refractivity contribution in [3.63, 3.8) is 0 Å². The van der Waals surface area contributed by atoms with E-state index in [0.717, 1.165) is 11.3 Å². The highest BCUT2D eigenvalue weighted by molar-refractivity contribution is 7.91. The fourth-order valence-electron chi connectivity index (χ4n) is 1.37.